The Hall–Kier alpha value is -3.34. The highest BCUT2D eigenvalue weighted by atomic mass is 32.2. The number of halogens is 2. The molecule has 0 atom stereocenters. The Morgan fingerprint density at radius 3 is 1.69 bits per heavy atom. The summed E-state index contributed by atoms with van der Waals surface area (Å²) in [5, 5.41) is 0. The van der Waals surface area contributed by atoms with Gasteiger partial charge in [-0.3, -0.25) is 0 Å². The van der Waals surface area contributed by atoms with Crippen LogP contribution in [0.25, 0.3) is 6.08 Å². The normalized spacial score (nSPS) is 14.4. The van der Waals surface area contributed by atoms with Crippen LogP contribution in [-0.2, 0) is 10.9 Å². The van der Waals surface area contributed by atoms with Crippen LogP contribution in [0.2, 0.25) is 0 Å². The van der Waals surface area contributed by atoms with Crippen LogP contribution in [0.1, 0.15) is 12.0 Å². The average molecular weight is 498 g/mol. The maximum atomic E-state index is 13.6. The van der Waals surface area contributed by atoms with E-state index in [0.29, 0.717) is 0 Å². The first-order valence-electron chi connectivity index (χ1n) is 11.3. The predicted molar refractivity (Wildman–Crippen MR) is 144 cm³/mol. The molecule has 4 aromatic carbocycles. The van der Waals surface area contributed by atoms with Crippen molar-refractivity contribution in [3.8, 4) is 0 Å². The Balaban J connectivity index is 1.33. The zero-order valence-electron chi connectivity index (χ0n) is 18.9. The van der Waals surface area contributed by atoms with Gasteiger partial charge in [-0.05, 0) is 96.4 Å². The topological polar surface area (TPSA) is 0 Å². The van der Waals surface area contributed by atoms with Crippen LogP contribution < -0.4 is 0 Å². The first-order chi connectivity index (χ1) is 17.1. The largest absolute Gasteiger partial charge is 0.207 e. The molecule has 0 unspecified atom stereocenters. The van der Waals surface area contributed by atoms with E-state index in [2.05, 4.69) is 72.8 Å². The molecule has 0 amide bonds. The minimum atomic E-state index is -0.449. The van der Waals surface area contributed by atoms with E-state index >= 15 is 0 Å². The maximum absolute atomic E-state index is 13.6. The van der Waals surface area contributed by atoms with Crippen molar-refractivity contribution in [1.82, 2.24) is 0 Å². The summed E-state index contributed by atoms with van der Waals surface area (Å²) in [5.41, 5.74) is 2.50. The summed E-state index contributed by atoms with van der Waals surface area (Å²) in [5.74, 6) is -0.530. The van der Waals surface area contributed by atoms with Gasteiger partial charge in [0.15, 0.2) is 14.7 Å². The fraction of sp³-hybridized carbons (Fsp3) is 0.0323. The van der Waals surface area contributed by atoms with Crippen LogP contribution >= 0.6 is 11.8 Å². The monoisotopic (exact) mass is 497 g/mol. The van der Waals surface area contributed by atoms with Gasteiger partial charge in [-0.15, -0.1) is 0 Å². The average Bonchev–Trinajstić information content (AvgIpc) is 2.89. The summed E-state index contributed by atoms with van der Waals surface area (Å²) in [6.07, 6.45) is 9.73. The van der Waals surface area contributed by atoms with Crippen LogP contribution in [0.5, 0.6) is 0 Å². The fourth-order valence-corrected chi connectivity index (χ4v) is 6.71. The summed E-state index contributed by atoms with van der Waals surface area (Å²) in [7, 11) is -0.449. The van der Waals surface area contributed by atoms with Crippen LogP contribution in [0.15, 0.2) is 151 Å². The molecule has 4 heteroatoms. The van der Waals surface area contributed by atoms with E-state index in [1.165, 1.54) is 40.3 Å². The number of thioether (sulfide) groups is 1. The third kappa shape index (κ3) is 6.02. The number of allylic oxidation sites excluding steroid dienone is 4. The highest BCUT2D eigenvalue weighted by Crippen LogP contribution is 2.35. The van der Waals surface area contributed by atoms with Crippen LogP contribution in [0.4, 0.5) is 8.78 Å². The van der Waals surface area contributed by atoms with Crippen LogP contribution in [-0.4, -0.2) is 0 Å². The van der Waals surface area contributed by atoms with E-state index in [1.54, 1.807) is 11.8 Å². The first kappa shape index (κ1) is 23.4. The summed E-state index contributed by atoms with van der Waals surface area (Å²) in [6, 6.07) is 32.0. The van der Waals surface area contributed by atoms with Crippen molar-refractivity contribution in [3.05, 3.63) is 149 Å². The van der Waals surface area contributed by atoms with Gasteiger partial charge in [0.2, 0.25) is 0 Å². The lowest BCUT2D eigenvalue weighted by atomic mass is 10.0. The lowest BCUT2D eigenvalue weighted by Gasteiger charge is -2.11. The molecule has 0 heterocycles. The molecule has 0 bridgehead atoms. The molecule has 0 saturated heterocycles. The Kier molecular flexibility index (Phi) is 7.31. The smallest absolute Gasteiger partial charge is 0.166 e. The molecule has 0 aromatic heterocycles. The Labute approximate surface area is 212 Å². The Bertz CT molecular complexity index is 1320. The molecular weight excluding hydrogens is 474 g/mol. The molecule has 0 N–H and O–H groups in total. The third-order valence-electron chi connectivity index (χ3n) is 5.55. The van der Waals surface area contributed by atoms with E-state index in [9.17, 15) is 8.78 Å². The minimum absolute atomic E-state index is 0.265. The summed E-state index contributed by atoms with van der Waals surface area (Å²) in [4.78, 5) is 5.47. The van der Waals surface area contributed by atoms with Crippen molar-refractivity contribution in [2.45, 2.75) is 26.0 Å². The lowest BCUT2D eigenvalue weighted by Crippen LogP contribution is -2.05. The summed E-state index contributed by atoms with van der Waals surface area (Å²) >= 11 is 1.74. The minimum Gasteiger partial charge on any atom is -0.207 e. The predicted octanol–water partition coefficient (Wildman–Crippen LogP) is 9.08. The summed E-state index contributed by atoms with van der Waals surface area (Å²) < 4.78 is 27.1. The van der Waals surface area contributed by atoms with Gasteiger partial charge in [-0.25, -0.2) is 8.78 Å². The van der Waals surface area contributed by atoms with E-state index < -0.39 is 10.9 Å². The Morgan fingerprint density at radius 2 is 1.17 bits per heavy atom. The van der Waals surface area contributed by atoms with Crippen LogP contribution in [0, 0.1) is 11.6 Å². The van der Waals surface area contributed by atoms with Crippen molar-refractivity contribution >= 4 is 28.7 Å². The van der Waals surface area contributed by atoms with Crippen molar-refractivity contribution in [2.75, 3.05) is 0 Å². The molecule has 4 aromatic rings. The van der Waals surface area contributed by atoms with E-state index in [1.807, 2.05) is 30.3 Å². The molecule has 172 valence electrons. The number of benzene rings is 4. The van der Waals surface area contributed by atoms with Gasteiger partial charge in [0.25, 0.3) is 0 Å². The highest BCUT2D eigenvalue weighted by molar-refractivity contribution is 8.03. The quantitative estimate of drug-likeness (QED) is 0.239. The second-order valence-corrected chi connectivity index (χ2v) is 11.2. The fourth-order valence-electron chi connectivity index (χ4n) is 3.82. The number of hydrogen-bond donors (Lipinski definition) is 0. The van der Waals surface area contributed by atoms with E-state index in [0.717, 1.165) is 26.0 Å². The molecule has 0 nitrogen and oxygen atoms in total. The van der Waals surface area contributed by atoms with Gasteiger partial charge in [0, 0.05) is 9.80 Å². The van der Waals surface area contributed by atoms with Gasteiger partial charge in [0.1, 0.15) is 11.6 Å². The zero-order valence-corrected chi connectivity index (χ0v) is 20.5. The molecule has 0 fully saturated rings. The molecular formula is C31H23F2S2+. The molecule has 1 aliphatic rings. The van der Waals surface area contributed by atoms with Gasteiger partial charge in [0.05, 0.1) is 10.9 Å². The van der Waals surface area contributed by atoms with Gasteiger partial charge < -0.3 is 0 Å². The van der Waals surface area contributed by atoms with Crippen molar-refractivity contribution in [3.63, 3.8) is 0 Å². The number of hydrogen-bond acceptors (Lipinski definition) is 1. The van der Waals surface area contributed by atoms with Crippen molar-refractivity contribution in [1.29, 1.82) is 0 Å². The SMILES string of the molecule is Fc1ccc([S+](c2ccc(F)cc2)c2ccc(SC3=CCC(=Cc4ccccc4)C=C3)cc2)cc1. The summed E-state index contributed by atoms with van der Waals surface area (Å²) in [6.45, 7) is 0. The lowest BCUT2D eigenvalue weighted by molar-refractivity contribution is 0.626. The molecule has 35 heavy (non-hydrogen) atoms. The van der Waals surface area contributed by atoms with Gasteiger partial charge >= 0.3 is 0 Å². The second-order valence-electron chi connectivity index (χ2n) is 8.06. The van der Waals surface area contributed by atoms with Crippen molar-refractivity contribution in [2.24, 2.45) is 0 Å². The van der Waals surface area contributed by atoms with E-state index in [4.69, 9.17) is 0 Å². The zero-order chi connectivity index (χ0) is 24.0. The third-order valence-corrected chi connectivity index (χ3v) is 8.82. The molecule has 0 radical (unpaired) electrons. The molecule has 5 rings (SSSR count). The number of rotatable bonds is 6. The van der Waals surface area contributed by atoms with E-state index in [-0.39, 0.29) is 11.6 Å². The maximum Gasteiger partial charge on any atom is 0.166 e. The molecule has 1 aliphatic carbocycles. The molecule has 0 spiro atoms. The van der Waals surface area contributed by atoms with Crippen LogP contribution in [0.3, 0.4) is 0 Å². The van der Waals surface area contributed by atoms with Gasteiger partial charge in [-0.2, -0.15) is 0 Å². The van der Waals surface area contributed by atoms with Gasteiger partial charge in [-0.1, -0.05) is 60.3 Å². The first-order valence-corrected chi connectivity index (χ1v) is 13.4. The molecule has 0 saturated carbocycles. The Morgan fingerprint density at radius 1 is 0.629 bits per heavy atom. The second kappa shape index (κ2) is 10.9. The molecule has 0 aliphatic heterocycles. The standard InChI is InChI=1S/C31H23F2S2/c32-25-8-16-29(17-9-25)35(30-18-10-26(33)11-19-30)31-20-14-28(15-21-31)34-27-12-6-24(7-13-27)22-23-4-2-1-3-5-23/h1-6,8-22H,7H2/q+1. The highest BCUT2D eigenvalue weighted by Gasteiger charge is 2.28. The van der Waals surface area contributed by atoms with Crippen molar-refractivity contribution < 1.29 is 8.78 Å².